The van der Waals surface area contributed by atoms with E-state index in [2.05, 4.69) is 25.8 Å². The number of aliphatic imine (C=N–C) groups is 1. The minimum atomic E-state index is -0.187. The molecule has 1 aromatic heterocycles. The lowest BCUT2D eigenvalue weighted by Gasteiger charge is -2.06. The molecule has 0 radical (unpaired) electrons. The van der Waals surface area contributed by atoms with E-state index in [-0.39, 0.29) is 5.91 Å². The van der Waals surface area contributed by atoms with Gasteiger partial charge >= 0.3 is 0 Å². The maximum absolute atomic E-state index is 11.5. The number of hydrogen-bond acceptors (Lipinski definition) is 3. The topological polar surface area (TPSA) is 108 Å². The molecule has 0 unspecified atom stereocenters. The monoisotopic (exact) mass is 238 g/mol. The summed E-state index contributed by atoms with van der Waals surface area (Å²) in [6.45, 7) is 3.75. The lowest BCUT2D eigenvalue weighted by Crippen LogP contribution is -2.38. The lowest BCUT2D eigenvalue weighted by molar-refractivity contribution is 0.0949. The largest absolute Gasteiger partial charge is 0.370 e. The number of nitrogens with one attached hydrogen (secondary N) is 3. The van der Waals surface area contributed by atoms with Gasteiger partial charge in [0, 0.05) is 25.8 Å². The molecule has 1 aromatic rings. The number of hydrogen-bond donors (Lipinski definition) is 4. The highest BCUT2D eigenvalue weighted by molar-refractivity contribution is 5.92. The van der Waals surface area contributed by atoms with E-state index in [1.165, 1.54) is 6.20 Å². The van der Waals surface area contributed by atoms with Crippen molar-refractivity contribution in [2.75, 3.05) is 19.6 Å². The number of rotatable bonds is 6. The standard InChI is InChI=1S/C10H18N6O/c1-2-4-13-10(11)14-7-6-12-9(17)8-3-5-15-16-8/h3,5H,2,4,6-7H2,1H3,(H,12,17)(H,15,16)(H3,11,13,14). The zero-order valence-corrected chi connectivity index (χ0v) is 9.86. The molecule has 7 heteroatoms. The van der Waals surface area contributed by atoms with Crippen molar-refractivity contribution in [3.8, 4) is 0 Å². The predicted octanol–water partition coefficient (Wildman–Crippen LogP) is -0.546. The summed E-state index contributed by atoms with van der Waals surface area (Å²) in [5.74, 6) is 0.219. The maximum atomic E-state index is 11.5. The van der Waals surface area contributed by atoms with Gasteiger partial charge in [0.05, 0.1) is 0 Å². The molecule has 0 atom stereocenters. The first-order valence-corrected chi connectivity index (χ1v) is 5.55. The molecule has 0 saturated carbocycles. The van der Waals surface area contributed by atoms with Gasteiger partial charge in [0.2, 0.25) is 0 Å². The predicted molar refractivity (Wildman–Crippen MR) is 65.7 cm³/mol. The molecular weight excluding hydrogens is 220 g/mol. The number of nitrogens with zero attached hydrogens (tertiary/aromatic N) is 2. The Morgan fingerprint density at radius 3 is 2.94 bits per heavy atom. The third kappa shape index (κ3) is 5.01. The number of aromatic amines is 1. The smallest absolute Gasteiger partial charge is 0.269 e. The molecular formula is C10H18N6O. The van der Waals surface area contributed by atoms with Crippen LogP contribution in [-0.2, 0) is 0 Å². The summed E-state index contributed by atoms with van der Waals surface area (Å²) >= 11 is 0. The van der Waals surface area contributed by atoms with Gasteiger partial charge in [-0.3, -0.25) is 14.9 Å². The first-order valence-electron chi connectivity index (χ1n) is 5.55. The van der Waals surface area contributed by atoms with Crippen LogP contribution in [0.5, 0.6) is 0 Å². The third-order valence-corrected chi connectivity index (χ3v) is 1.97. The summed E-state index contributed by atoms with van der Waals surface area (Å²) in [7, 11) is 0. The Kier molecular flexibility index (Phi) is 5.56. The molecule has 1 heterocycles. The number of carbonyl (C=O) groups excluding carboxylic acids is 1. The SMILES string of the molecule is CCCN=C(N)NCCNC(=O)c1ccn[nH]1. The molecule has 0 aliphatic heterocycles. The molecule has 0 bridgehead atoms. The van der Waals surface area contributed by atoms with Crippen molar-refractivity contribution in [2.45, 2.75) is 13.3 Å². The highest BCUT2D eigenvalue weighted by Gasteiger charge is 2.04. The van der Waals surface area contributed by atoms with Crippen LogP contribution < -0.4 is 16.4 Å². The van der Waals surface area contributed by atoms with Gasteiger partial charge in [-0.25, -0.2) is 0 Å². The number of nitrogens with two attached hydrogens (primary N) is 1. The summed E-state index contributed by atoms with van der Waals surface area (Å²) in [6, 6.07) is 1.61. The van der Waals surface area contributed by atoms with Gasteiger partial charge in [-0.2, -0.15) is 5.10 Å². The minimum Gasteiger partial charge on any atom is -0.370 e. The Balaban J connectivity index is 2.14. The van der Waals surface area contributed by atoms with Gasteiger partial charge in [-0.1, -0.05) is 6.92 Å². The first kappa shape index (κ1) is 13.0. The maximum Gasteiger partial charge on any atom is 0.269 e. The van der Waals surface area contributed by atoms with E-state index in [1.54, 1.807) is 6.07 Å². The van der Waals surface area contributed by atoms with Crippen LogP contribution >= 0.6 is 0 Å². The summed E-state index contributed by atoms with van der Waals surface area (Å²) in [5.41, 5.74) is 6.02. The first-order chi connectivity index (χ1) is 8.24. The highest BCUT2D eigenvalue weighted by atomic mass is 16.1. The van der Waals surface area contributed by atoms with Crippen LogP contribution in [0.25, 0.3) is 0 Å². The molecule has 1 rings (SSSR count). The van der Waals surface area contributed by atoms with Crippen molar-refractivity contribution in [3.05, 3.63) is 18.0 Å². The second-order valence-electron chi connectivity index (χ2n) is 3.42. The molecule has 94 valence electrons. The van der Waals surface area contributed by atoms with E-state index in [1.807, 2.05) is 6.92 Å². The molecule has 17 heavy (non-hydrogen) atoms. The van der Waals surface area contributed by atoms with Crippen LogP contribution in [0.4, 0.5) is 0 Å². The molecule has 0 saturated heterocycles. The van der Waals surface area contributed by atoms with E-state index < -0.39 is 0 Å². The van der Waals surface area contributed by atoms with Crippen LogP contribution in [0.1, 0.15) is 23.8 Å². The fourth-order valence-corrected chi connectivity index (χ4v) is 1.13. The number of guanidine groups is 1. The number of amides is 1. The van der Waals surface area contributed by atoms with Gasteiger partial charge < -0.3 is 16.4 Å². The van der Waals surface area contributed by atoms with Gasteiger partial charge in [0.15, 0.2) is 5.96 Å². The Morgan fingerprint density at radius 1 is 1.53 bits per heavy atom. The lowest BCUT2D eigenvalue weighted by atomic mass is 10.4. The number of carbonyl (C=O) groups is 1. The average molecular weight is 238 g/mol. The normalized spacial score (nSPS) is 11.2. The summed E-state index contributed by atoms with van der Waals surface area (Å²) in [5, 5.41) is 11.9. The van der Waals surface area contributed by atoms with E-state index in [9.17, 15) is 4.79 Å². The quantitative estimate of drug-likeness (QED) is 0.303. The van der Waals surface area contributed by atoms with Crippen LogP contribution in [-0.4, -0.2) is 41.7 Å². The van der Waals surface area contributed by atoms with Crippen molar-refractivity contribution in [1.29, 1.82) is 0 Å². The zero-order valence-electron chi connectivity index (χ0n) is 9.86. The van der Waals surface area contributed by atoms with E-state index in [0.717, 1.165) is 6.42 Å². The molecule has 0 aliphatic rings. The fourth-order valence-electron chi connectivity index (χ4n) is 1.13. The summed E-state index contributed by atoms with van der Waals surface area (Å²) < 4.78 is 0. The molecule has 0 aromatic carbocycles. The van der Waals surface area contributed by atoms with Crippen LogP contribution in [0.3, 0.4) is 0 Å². The second kappa shape index (κ2) is 7.26. The van der Waals surface area contributed by atoms with E-state index in [0.29, 0.717) is 31.3 Å². The highest BCUT2D eigenvalue weighted by Crippen LogP contribution is 1.89. The van der Waals surface area contributed by atoms with Gasteiger partial charge in [-0.05, 0) is 12.5 Å². The Morgan fingerprint density at radius 2 is 2.29 bits per heavy atom. The zero-order chi connectivity index (χ0) is 12.5. The Hall–Kier alpha value is -2.05. The van der Waals surface area contributed by atoms with Crippen LogP contribution in [0, 0.1) is 0 Å². The molecule has 0 aliphatic carbocycles. The van der Waals surface area contributed by atoms with Crippen molar-refractivity contribution < 1.29 is 4.79 Å². The van der Waals surface area contributed by atoms with Gasteiger partial charge in [0.25, 0.3) is 5.91 Å². The van der Waals surface area contributed by atoms with Crippen molar-refractivity contribution in [2.24, 2.45) is 10.7 Å². The fraction of sp³-hybridized carbons (Fsp3) is 0.500. The van der Waals surface area contributed by atoms with Gasteiger partial charge in [0.1, 0.15) is 5.69 Å². The van der Waals surface area contributed by atoms with Crippen molar-refractivity contribution >= 4 is 11.9 Å². The number of aromatic nitrogens is 2. The van der Waals surface area contributed by atoms with E-state index in [4.69, 9.17) is 5.73 Å². The Bertz CT molecular complexity index is 359. The average Bonchev–Trinajstić information content (AvgIpc) is 2.85. The van der Waals surface area contributed by atoms with Crippen molar-refractivity contribution in [3.63, 3.8) is 0 Å². The Labute approximate surface area is 99.9 Å². The molecule has 5 N–H and O–H groups in total. The van der Waals surface area contributed by atoms with Crippen LogP contribution in [0.15, 0.2) is 17.3 Å². The summed E-state index contributed by atoms with van der Waals surface area (Å²) in [4.78, 5) is 15.5. The van der Waals surface area contributed by atoms with E-state index >= 15 is 0 Å². The number of H-pyrrole nitrogens is 1. The molecule has 0 spiro atoms. The second-order valence-corrected chi connectivity index (χ2v) is 3.42. The van der Waals surface area contributed by atoms with Gasteiger partial charge in [-0.15, -0.1) is 0 Å². The molecule has 1 amide bonds. The molecule has 7 nitrogen and oxygen atoms in total. The molecule has 0 fully saturated rings. The van der Waals surface area contributed by atoms with Crippen LogP contribution in [0.2, 0.25) is 0 Å². The minimum absolute atomic E-state index is 0.187. The van der Waals surface area contributed by atoms with Crippen molar-refractivity contribution in [1.82, 2.24) is 20.8 Å². The summed E-state index contributed by atoms with van der Waals surface area (Å²) in [6.07, 6.45) is 2.49. The third-order valence-electron chi connectivity index (χ3n) is 1.97.